The number of benzene rings is 2. The standard InChI is InChI=1S/C25H30FN3O4S/c1-17-6-5-9-22(14-17)29(18(2)25(32)28-20-7-3-4-8-20)24(31)16-34(33)15-23(30)27-21-12-10-19(26)11-13-21/h5-6,9-14,18,20H,3-4,7-8,15-16H2,1-2H3,(H,27,30)(H,28,32)/t18-,34-/m0/s1. The molecule has 2 atom stereocenters. The molecule has 9 heteroatoms. The molecular weight excluding hydrogens is 457 g/mol. The SMILES string of the molecule is Cc1cccc(N(C(=O)C[S@@](=O)CC(=O)Nc2ccc(F)cc2)[C@@H](C)C(=O)NC2CCCC2)c1. The minimum absolute atomic E-state index is 0.105. The summed E-state index contributed by atoms with van der Waals surface area (Å²) in [5.74, 6) is -2.56. The van der Waals surface area contributed by atoms with Crippen molar-refractivity contribution in [2.75, 3.05) is 21.7 Å². The van der Waals surface area contributed by atoms with E-state index in [-0.39, 0.29) is 11.9 Å². The van der Waals surface area contributed by atoms with Crippen LogP contribution in [-0.4, -0.2) is 45.5 Å². The van der Waals surface area contributed by atoms with Crippen LogP contribution in [0.4, 0.5) is 15.8 Å². The van der Waals surface area contributed by atoms with Crippen LogP contribution in [0.25, 0.3) is 0 Å². The van der Waals surface area contributed by atoms with Gasteiger partial charge in [0, 0.05) is 28.2 Å². The Labute approximate surface area is 201 Å². The van der Waals surface area contributed by atoms with E-state index in [2.05, 4.69) is 10.6 Å². The lowest BCUT2D eigenvalue weighted by molar-refractivity contribution is -0.125. The average molecular weight is 488 g/mol. The van der Waals surface area contributed by atoms with E-state index in [4.69, 9.17) is 0 Å². The molecule has 182 valence electrons. The minimum Gasteiger partial charge on any atom is -0.352 e. The molecule has 3 amide bonds. The van der Waals surface area contributed by atoms with Gasteiger partial charge in [0.2, 0.25) is 17.7 Å². The fourth-order valence-corrected chi connectivity index (χ4v) is 4.89. The maximum Gasteiger partial charge on any atom is 0.243 e. The Morgan fingerprint density at radius 1 is 1.09 bits per heavy atom. The highest BCUT2D eigenvalue weighted by molar-refractivity contribution is 7.86. The van der Waals surface area contributed by atoms with E-state index in [0.29, 0.717) is 11.4 Å². The summed E-state index contributed by atoms with van der Waals surface area (Å²) >= 11 is 0. The Kier molecular flexibility index (Phi) is 8.92. The number of halogens is 1. The number of nitrogens with zero attached hydrogens (tertiary/aromatic N) is 1. The van der Waals surface area contributed by atoms with Gasteiger partial charge in [0.25, 0.3) is 0 Å². The lowest BCUT2D eigenvalue weighted by Crippen LogP contribution is -2.51. The van der Waals surface area contributed by atoms with Gasteiger partial charge in [-0.25, -0.2) is 4.39 Å². The number of hydrogen-bond donors (Lipinski definition) is 2. The Balaban J connectivity index is 1.67. The van der Waals surface area contributed by atoms with E-state index < -0.39 is 46.0 Å². The summed E-state index contributed by atoms with van der Waals surface area (Å²) in [5.41, 5.74) is 1.82. The second kappa shape index (κ2) is 11.9. The van der Waals surface area contributed by atoms with Crippen molar-refractivity contribution >= 4 is 39.9 Å². The van der Waals surface area contributed by atoms with Crippen molar-refractivity contribution in [1.29, 1.82) is 0 Å². The Morgan fingerprint density at radius 2 is 1.76 bits per heavy atom. The van der Waals surface area contributed by atoms with Crippen LogP contribution in [0, 0.1) is 12.7 Å². The molecule has 0 aliphatic heterocycles. The lowest BCUT2D eigenvalue weighted by Gasteiger charge is -2.29. The van der Waals surface area contributed by atoms with E-state index in [1.54, 1.807) is 25.1 Å². The zero-order valence-corrected chi connectivity index (χ0v) is 20.2. The fraction of sp³-hybridized carbons (Fsp3) is 0.400. The first kappa shape index (κ1) is 25.6. The molecule has 0 spiro atoms. The second-order valence-electron chi connectivity index (χ2n) is 8.55. The Hall–Kier alpha value is -3.07. The first-order valence-corrected chi connectivity index (χ1v) is 12.8. The average Bonchev–Trinajstić information content (AvgIpc) is 3.28. The third kappa shape index (κ3) is 7.21. The predicted octanol–water partition coefficient (Wildman–Crippen LogP) is 3.30. The first-order chi connectivity index (χ1) is 16.2. The molecule has 2 N–H and O–H groups in total. The summed E-state index contributed by atoms with van der Waals surface area (Å²) in [4.78, 5) is 39.7. The van der Waals surface area contributed by atoms with Crippen LogP contribution < -0.4 is 15.5 Å². The summed E-state index contributed by atoms with van der Waals surface area (Å²) in [5, 5.41) is 5.55. The zero-order chi connectivity index (χ0) is 24.7. The normalized spacial score (nSPS) is 15.4. The molecule has 0 heterocycles. The highest BCUT2D eigenvalue weighted by Crippen LogP contribution is 2.22. The number of carbonyl (C=O) groups excluding carboxylic acids is 3. The Morgan fingerprint density at radius 3 is 2.41 bits per heavy atom. The summed E-state index contributed by atoms with van der Waals surface area (Å²) in [7, 11) is -1.80. The maximum absolute atomic E-state index is 13.2. The van der Waals surface area contributed by atoms with E-state index in [9.17, 15) is 23.0 Å². The van der Waals surface area contributed by atoms with Gasteiger partial charge in [0.15, 0.2) is 0 Å². The largest absolute Gasteiger partial charge is 0.352 e. The van der Waals surface area contributed by atoms with Crippen LogP contribution in [0.5, 0.6) is 0 Å². The van der Waals surface area contributed by atoms with Gasteiger partial charge >= 0.3 is 0 Å². The molecule has 34 heavy (non-hydrogen) atoms. The van der Waals surface area contributed by atoms with Crippen LogP contribution in [0.2, 0.25) is 0 Å². The summed E-state index contributed by atoms with van der Waals surface area (Å²) in [6.45, 7) is 3.53. The van der Waals surface area contributed by atoms with Crippen molar-refractivity contribution < 1.29 is 23.0 Å². The maximum atomic E-state index is 13.2. The molecule has 0 unspecified atom stereocenters. The number of anilines is 2. The summed E-state index contributed by atoms with van der Waals surface area (Å²) in [6.07, 6.45) is 3.98. The molecule has 0 radical (unpaired) electrons. The van der Waals surface area contributed by atoms with Crippen LogP contribution >= 0.6 is 0 Å². The second-order valence-corrected chi connectivity index (χ2v) is 10.0. The van der Waals surface area contributed by atoms with Crippen molar-refractivity contribution in [3.05, 3.63) is 59.9 Å². The topological polar surface area (TPSA) is 95.6 Å². The predicted molar refractivity (Wildman–Crippen MR) is 131 cm³/mol. The number of carbonyl (C=O) groups is 3. The fourth-order valence-electron chi connectivity index (χ4n) is 4.01. The number of nitrogens with one attached hydrogen (secondary N) is 2. The summed E-state index contributed by atoms with van der Waals surface area (Å²) in [6, 6.07) is 11.7. The van der Waals surface area contributed by atoms with Gasteiger partial charge in [-0.2, -0.15) is 0 Å². The van der Waals surface area contributed by atoms with Crippen molar-refractivity contribution in [2.45, 2.75) is 51.6 Å². The highest BCUT2D eigenvalue weighted by atomic mass is 32.2. The first-order valence-electron chi connectivity index (χ1n) is 11.3. The third-order valence-electron chi connectivity index (χ3n) is 5.72. The van der Waals surface area contributed by atoms with Gasteiger partial charge in [-0.3, -0.25) is 23.5 Å². The smallest absolute Gasteiger partial charge is 0.243 e. The molecule has 7 nitrogen and oxygen atoms in total. The molecule has 1 saturated carbocycles. The molecule has 2 aromatic rings. The minimum atomic E-state index is -1.80. The number of rotatable bonds is 9. The number of aryl methyl sites for hydroxylation is 1. The van der Waals surface area contributed by atoms with Crippen LogP contribution in [0.1, 0.15) is 38.2 Å². The molecule has 0 saturated heterocycles. The monoisotopic (exact) mass is 487 g/mol. The van der Waals surface area contributed by atoms with Crippen molar-refractivity contribution in [1.82, 2.24) is 5.32 Å². The van der Waals surface area contributed by atoms with Gasteiger partial charge in [-0.05, 0) is 68.7 Å². The highest BCUT2D eigenvalue weighted by Gasteiger charge is 2.30. The molecule has 0 aromatic heterocycles. The number of amides is 3. The van der Waals surface area contributed by atoms with E-state index >= 15 is 0 Å². The van der Waals surface area contributed by atoms with Gasteiger partial charge in [-0.15, -0.1) is 0 Å². The van der Waals surface area contributed by atoms with Crippen molar-refractivity contribution in [3.8, 4) is 0 Å². The zero-order valence-electron chi connectivity index (χ0n) is 19.4. The van der Waals surface area contributed by atoms with E-state index in [1.807, 2.05) is 13.0 Å². The van der Waals surface area contributed by atoms with Crippen molar-refractivity contribution in [3.63, 3.8) is 0 Å². The van der Waals surface area contributed by atoms with Crippen LogP contribution in [-0.2, 0) is 25.2 Å². The van der Waals surface area contributed by atoms with Crippen LogP contribution in [0.15, 0.2) is 48.5 Å². The van der Waals surface area contributed by atoms with Gasteiger partial charge < -0.3 is 10.6 Å². The molecule has 1 aliphatic carbocycles. The molecule has 3 rings (SSSR count). The van der Waals surface area contributed by atoms with E-state index in [0.717, 1.165) is 31.2 Å². The molecule has 1 aliphatic rings. The van der Waals surface area contributed by atoms with Gasteiger partial charge in [0.1, 0.15) is 23.4 Å². The number of hydrogen-bond acceptors (Lipinski definition) is 4. The third-order valence-corrected chi connectivity index (χ3v) is 6.87. The van der Waals surface area contributed by atoms with E-state index in [1.165, 1.54) is 29.2 Å². The quantitative estimate of drug-likeness (QED) is 0.567. The molecular formula is C25H30FN3O4S. The molecule has 1 fully saturated rings. The van der Waals surface area contributed by atoms with Crippen molar-refractivity contribution in [2.24, 2.45) is 0 Å². The Bertz CT molecular complexity index is 1050. The summed E-state index contributed by atoms with van der Waals surface area (Å²) < 4.78 is 25.6. The van der Waals surface area contributed by atoms with Gasteiger partial charge in [0.05, 0.1) is 0 Å². The molecule has 0 bridgehead atoms. The van der Waals surface area contributed by atoms with Crippen LogP contribution in [0.3, 0.4) is 0 Å². The van der Waals surface area contributed by atoms with Gasteiger partial charge in [-0.1, -0.05) is 25.0 Å². The molecule has 2 aromatic carbocycles. The lowest BCUT2D eigenvalue weighted by atomic mass is 10.1.